The molecule has 0 rings (SSSR count). The topological polar surface area (TPSA) is 51.9 Å². The van der Waals surface area contributed by atoms with Gasteiger partial charge in [0.25, 0.3) is 0 Å². The molecule has 0 aromatic rings. The van der Waals surface area contributed by atoms with E-state index in [4.69, 9.17) is 17.1 Å². The molecule has 0 radical (unpaired) electrons. The fourth-order valence-corrected chi connectivity index (χ4v) is 0.921. The van der Waals surface area contributed by atoms with Crippen LogP contribution in [0.3, 0.4) is 0 Å². The molecule has 3 nitrogen and oxygen atoms in total. The number of hydrogen-bond acceptors (Lipinski definition) is 2. The van der Waals surface area contributed by atoms with E-state index in [9.17, 15) is 0 Å². The minimum absolute atomic E-state index is 0.0348. The third-order valence-electron chi connectivity index (χ3n) is 1.61. The lowest BCUT2D eigenvalue weighted by Crippen LogP contribution is -1.98. The SMILES string of the molecule is [C-]#[N+]CCC(C#N)CCCC#N. The van der Waals surface area contributed by atoms with Crippen molar-refractivity contribution in [3.63, 3.8) is 0 Å². The Morgan fingerprint density at radius 1 is 1.33 bits per heavy atom. The molecule has 0 saturated carbocycles. The van der Waals surface area contributed by atoms with Crippen molar-refractivity contribution in [3.05, 3.63) is 11.4 Å². The smallest absolute Gasteiger partial charge is 0.215 e. The van der Waals surface area contributed by atoms with Gasteiger partial charge in [0.05, 0.1) is 18.1 Å². The van der Waals surface area contributed by atoms with Crippen LogP contribution in [0.15, 0.2) is 0 Å². The predicted molar refractivity (Wildman–Crippen MR) is 44.7 cm³/mol. The summed E-state index contributed by atoms with van der Waals surface area (Å²) >= 11 is 0. The van der Waals surface area contributed by atoms with Crippen LogP contribution in [0.2, 0.25) is 0 Å². The van der Waals surface area contributed by atoms with Crippen LogP contribution in [0, 0.1) is 35.2 Å². The maximum atomic E-state index is 8.62. The zero-order valence-corrected chi connectivity index (χ0v) is 6.95. The number of unbranched alkanes of at least 4 members (excludes halogenated alkanes) is 1. The van der Waals surface area contributed by atoms with E-state index < -0.39 is 0 Å². The number of hydrogen-bond donors (Lipinski definition) is 0. The van der Waals surface area contributed by atoms with E-state index >= 15 is 0 Å². The van der Waals surface area contributed by atoms with Gasteiger partial charge < -0.3 is 4.85 Å². The quantitative estimate of drug-likeness (QED) is 0.458. The van der Waals surface area contributed by atoms with Crippen LogP contribution in [-0.4, -0.2) is 6.54 Å². The summed E-state index contributed by atoms with van der Waals surface area (Å²) in [6.45, 7) is 6.97. The van der Waals surface area contributed by atoms with Crippen LogP contribution in [0.5, 0.6) is 0 Å². The second-order valence-electron chi connectivity index (χ2n) is 2.55. The van der Waals surface area contributed by atoms with Crippen molar-refractivity contribution in [2.24, 2.45) is 5.92 Å². The Kier molecular flexibility index (Phi) is 6.61. The van der Waals surface area contributed by atoms with Crippen LogP contribution in [0.1, 0.15) is 25.7 Å². The molecule has 0 aromatic carbocycles. The minimum atomic E-state index is -0.0348. The molecule has 1 unspecified atom stereocenters. The lowest BCUT2D eigenvalue weighted by atomic mass is 10.0. The maximum absolute atomic E-state index is 8.62. The van der Waals surface area contributed by atoms with E-state index in [1.54, 1.807) is 0 Å². The lowest BCUT2D eigenvalue weighted by molar-refractivity contribution is 0.556. The van der Waals surface area contributed by atoms with Crippen LogP contribution in [0.25, 0.3) is 4.85 Å². The zero-order chi connectivity index (χ0) is 9.23. The summed E-state index contributed by atoms with van der Waals surface area (Å²) in [4.78, 5) is 3.19. The molecule has 0 aliphatic heterocycles. The molecule has 0 aromatic heterocycles. The van der Waals surface area contributed by atoms with Crippen LogP contribution >= 0.6 is 0 Å². The molecule has 62 valence electrons. The van der Waals surface area contributed by atoms with Crippen molar-refractivity contribution in [1.82, 2.24) is 0 Å². The summed E-state index contributed by atoms with van der Waals surface area (Å²) < 4.78 is 0. The van der Waals surface area contributed by atoms with Gasteiger partial charge in [0.15, 0.2) is 0 Å². The minimum Gasteiger partial charge on any atom is -0.317 e. The van der Waals surface area contributed by atoms with E-state index in [1.807, 2.05) is 6.07 Å². The molecule has 3 heteroatoms. The highest BCUT2D eigenvalue weighted by molar-refractivity contribution is 4.85. The second-order valence-corrected chi connectivity index (χ2v) is 2.55. The van der Waals surface area contributed by atoms with Gasteiger partial charge in [-0.15, -0.1) is 0 Å². The van der Waals surface area contributed by atoms with Crippen LogP contribution < -0.4 is 0 Å². The van der Waals surface area contributed by atoms with Crippen molar-refractivity contribution in [1.29, 1.82) is 10.5 Å². The summed E-state index contributed by atoms with van der Waals surface area (Å²) in [5.74, 6) is -0.0348. The predicted octanol–water partition coefficient (Wildman–Crippen LogP) is 2.13. The van der Waals surface area contributed by atoms with Crippen LogP contribution in [0.4, 0.5) is 0 Å². The first-order chi connectivity index (χ1) is 5.85. The Morgan fingerprint density at radius 2 is 2.08 bits per heavy atom. The van der Waals surface area contributed by atoms with Gasteiger partial charge in [-0.05, 0) is 12.8 Å². The van der Waals surface area contributed by atoms with Crippen LogP contribution in [-0.2, 0) is 0 Å². The second kappa shape index (κ2) is 7.58. The lowest BCUT2D eigenvalue weighted by Gasteiger charge is -2.01. The van der Waals surface area contributed by atoms with Gasteiger partial charge >= 0.3 is 0 Å². The average molecular weight is 161 g/mol. The third kappa shape index (κ3) is 5.27. The largest absolute Gasteiger partial charge is 0.317 e. The molecule has 0 fully saturated rings. The Hall–Kier alpha value is -1.53. The maximum Gasteiger partial charge on any atom is 0.215 e. The molecule has 0 saturated heterocycles. The van der Waals surface area contributed by atoms with Gasteiger partial charge in [0, 0.05) is 12.8 Å². The number of nitriles is 2. The standard InChI is InChI=1S/C9H11N3/c1-12-7-5-9(8-11)4-2-3-6-10/h9H,2-5,7H2. The highest BCUT2D eigenvalue weighted by Crippen LogP contribution is 2.11. The number of nitrogens with zero attached hydrogens (tertiary/aromatic N) is 3. The zero-order valence-electron chi connectivity index (χ0n) is 6.95. The van der Waals surface area contributed by atoms with E-state index in [-0.39, 0.29) is 5.92 Å². The van der Waals surface area contributed by atoms with Crippen molar-refractivity contribution in [2.75, 3.05) is 6.54 Å². The summed E-state index contributed by atoms with van der Waals surface area (Å²) in [6.07, 6.45) is 2.67. The summed E-state index contributed by atoms with van der Waals surface area (Å²) in [5.41, 5.74) is 0. The number of rotatable bonds is 5. The van der Waals surface area contributed by atoms with Gasteiger partial charge in [-0.1, -0.05) is 0 Å². The molecule has 0 aliphatic rings. The molecule has 12 heavy (non-hydrogen) atoms. The molecule has 0 bridgehead atoms. The van der Waals surface area contributed by atoms with Gasteiger partial charge in [0.1, 0.15) is 0 Å². The molecular formula is C9H11N3. The Balaban J connectivity index is 3.51. The molecule has 0 aliphatic carbocycles. The van der Waals surface area contributed by atoms with E-state index in [1.165, 1.54) is 0 Å². The molecule has 0 N–H and O–H groups in total. The molecule has 0 spiro atoms. The highest BCUT2D eigenvalue weighted by atomic mass is 14.6. The average Bonchev–Trinajstić information content (AvgIpc) is 2.11. The van der Waals surface area contributed by atoms with Crippen molar-refractivity contribution >= 4 is 0 Å². The molecular weight excluding hydrogens is 150 g/mol. The fraction of sp³-hybridized carbons (Fsp3) is 0.667. The van der Waals surface area contributed by atoms with E-state index in [0.717, 1.165) is 12.8 Å². The normalized spacial score (nSPS) is 10.8. The van der Waals surface area contributed by atoms with E-state index in [2.05, 4.69) is 10.9 Å². The Labute approximate surface area is 73.0 Å². The van der Waals surface area contributed by atoms with Gasteiger partial charge in [-0.2, -0.15) is 10.5 Å². The molecule has 1 atom stereocenters. The van der Waals surface area contributed by atoms with Crippen molar-refractivity contribution in [2.45, 2.75) is 25.7 Å². The third-order valence-corrected chi connectivity index (χ3v) is 1.61. The first kappa shape index (κ1) is 10.5. The molecule has 0 amide bonds. The first-order valence-electron chi connectivity index (χ1n) is 3.95. The fourth-order valence-electron chi connectivity index (χ4n) is 0.921. The van der Waals surface area contributed by atoms with Gasteiger partial charge in [0.2, 0.25) is 6.54 Å². The molecule has 0 heterocycles. The summed E-state index contributed by atoms with van der Waals surface area (Å²) in [6, 6.07) is 4.18. The summed E-state index contributed by atoms with van der Waals surface area (Å²) in [5, 5.41) is 16.9. The monoisotopic (exact) mass is 161 g/mol. The van der Waals surface area contributed by atoms with E-state index in [0.29, 0.717) is 19.4 Å². The van der Waals surface area contributed by atoms with Gasteiger partial charge in [-0.25, -0.2) is 6.57 Å². The van der Waals surface area contributed by atoms with Crippen molar-refractivity contribution in [3.8, 4) is 12.1 Å². The summed E-state index contributed by atoms with van der Waals surface area (Å²) in [7, 11) is 0. The van der Waals surface area contributed by atoms with Crippen molar-refractivity contribution < 1.29 is 0 Å². The first-order valence-corrected chi connectivity index (χ1v) is 3.95. The highest BCUT2D eigenvalue weighted by Gasteiger charge is 2.07. The Bertz CT molecular complexity index is 226. The Morgan fingerprint density at radius 3 is 2.58 bits per heavy atom. The van der Waals surface area contributed by atoms with Gasteiger partial charge in [-0.3, -0.25) is 0 Å².